The lowest BCUT2D eigenvalue weighted by Gasteiger charge is -2.14. The fourth-order valence-electron chi connectivity index (χ4n) is 2.02. The highest BCUT2D eigenvalue weighted by Crippen LogP contribution is 2.23. The van der Waals surface area contributed by atoms with Crippen LogP contribution in [-0.4, -0.2) is 38.7 Å². The van der Waals surface area contributed by atoms with Crippen molar-refractivity contribution in [1.82, 2.24) is 5.32 Å². The number of methoxy groups -OCH3 is 2. The van der Waals surface area contributed by atoms with Crippen LogP contribution in [0.25, 0.3) is 0 Å². The van der Waals surface area contributed by atoms with Crippen LogP contribution in [0, 0.1) is 5.92 Å². The molecule has 0 saturated carbocycles. The molecule has 0 fully saturated rings. The van der Waals surface area contributed by atoms with Crippen molar-refractivity contribution in [2.45, 2.75) is 39.7 Å². The van der Waals surface area contributed by atoms with Crippen molar-refractivity contribution in [3.8, 4) is 11.5 Å². The summed E-state index contributed by atoms with van der Waals surface area (Å²) in [6, 6.07) is 5.45. The molecule has 1 unspecified atom stereocenters. The Balaban J connectivity index is 2.50. The molecule has 1 amide bonds. The second kappa shape index (κ2) is 9.80. The van der Waals surface area contributed by atoms with E-state index in [1.54, 1.807) is 27.2 Å². The summed E-state index contributed by atoms with van der Waals surface area (Å²) in [6.07, 6.45) is -0.138. The number of carbonyl (C=O) groups excluding carboxylic acids is 2. The molecule has 0 aromatic heterocycles. The second-order valence-corrected chi connectivity index (χ2v) is 5.99. The number of hydrogen-bond acceptors (Lipinski definition) is 5. The van der Waals surface area contributed by atoms with Crippen molar-refractivity contribution in [1.29, 1.82) is 0 Å². The monoisotopic (exact) mass is 337 g/mol. The van der Waals surface area contributed by atoms with Gasteiger partial charge in [-0.2, -0.15) is 0 Å². The van der Waals surface area contributed by atoms with Gasteiger partial charge in [0.2, 0.25) is 0 Å². The molecule has 1 rings (SSSR count). The summed E-state index contributed by atoms with van der Waals surface area (Å²) in [4.78, 5) is 23.7. The van der Waals surface area contributed by atoms with Gasteiger partial charge in [-0.1, -0.05) is 13.8 Å². The predicted molar refractivity (Wildman–Crippen MR) is 91.3 cm³/mol. The minimum Gasteiger partial charge on any atom is -0.497 e. The average Bonchev–Trinajstić information content (AvgIpc) is 2.57. The highest BCUT2D eigenvalue weighted by Gasteiger charge is 2.17. The first-order valence-corrected chi connectivity index (χ1v) is 8.04. The summed E-state index contributed by atoms with van der Waals surface area (Å²) in [5, 5.41) is 2.74. The zero-order valence-corrected chi connectivity index (χ0v) is 15.0. The normalized spacial score (nSPS) is 11.8. The molecule has 0 heterocycles. The number of aryl methyl sites for hydroxylation is 1. The van der Waals surface area contributed by atoms with Gasteiger partial charge >= 0.3 is 5.97 Å². The minimum absolute atomic E-state index is 0.179. The van der Waals surface area contributed by atoms with Gasteiger partial charge in [0.25, 0.3) is 5.91 Å². The molecule has 6 heteroatoms. The van der Waals surface area contributed by atoms with Crippen LogP contribution >= 0.6 is 0 Å². The number of carbonyl (C=O) groups is 2. The topological polar surface area (TPSA) is 73.9 Å². The number of benzene rings is 1. The zero-order valence-electron chi connectivity index (χ0n) is 15.0. The Morgan fingerprint density at radius 3 is 2.12 bits per heavy atom. The van der Waals surface area contributed by atoms with Gasteiger partial charge in [-0.05, 0) is 37.0 Å². The van der Waals surface area contributed by atoms with Gasteiger partial charge in [-0.3, -0.25) is 9.59 Å². The smallest absolute Gasteiger partial charge is 0.306 e. The molecular formula is C18H27NO5. The molecular weight excluding hydrogens is 310 g/mol. The number of esters is 1. The lowest BCUT2D eigenvalue weighted by atomic mass is 10.1. The molecule has 0 saturated heterocycles. The minimum atomic E-state index is -0.795. The summed E-state index contributed by atoms with van der Waals surface area (Å²) in [5.41, 5.74) is 0.903. The average molecular weight is 337 g/mol. The molecule has 0 aliphatic carbocycles. The maximum Gasteiger partial charge on any atom is 0.306 e. The Bertz CT molecular complexity index is 534. The molecule has 0 spiro atoms. The van der Waals surface area contributed by atoms with E-state index in [1.165, 1.54) is 0 Å². The van der Waals surface area contributed by atoms with E-state index in [9.17, 15) is 9.59 Å². The quantitative estimate of drug-likeness (QED) is 0.700. The van der Waals surface area contributed by atoms with Crippen molar-refractivity contribution in [2.75, 3.05) is 20.8 Å². The van der Waals surface area contributed by atoms with E-state index < -0.39 is 12.1 Å². The van der Waals surface area contributed by atoms with Crippen LogP contribution in [0.15, 0.2) is 18.2 Å². The summed E-state index contributed by atoms with van der Waals surface area (Å²) in [5.74, 6) is 0.988. The van der Waals surface area contributed by atoms with Gasteiger partial charge in [0.1, 0.15) is 11.5 Å². The number of hydrogen-bond donors (Lipinski definition) is 1. The molecule has 24 heavy (non-hydrogen) atoms. The van der Waals surface area contributed by atoms with Crippen LogP contribution in [-0.2, 0) is 20.7 Å². The zero-order chi connectivity index (χ0) is 18.1. The van der Waals surface area contributed by atoms with E-state index in [1.807, 2.05) is 26.0 Å². The SMILES string of the molecule is COc1cc(CCC(=O)OC(C)C(=O)NCC(C)C)cc(OC)c1. The van der Waals surface area contributed by atoms with Crippen LogP contribution in [0.1, 0.15) is 32.8 Å². The van der Waals surface area contributed by atoms with E-state index in [0.29, 0.717) is 30.4 Å². The van der Waals surface area contributed by atoms with Crippen LogP contribution < -0.4 is 14.8 Å². The maximum absolute atomic E-state index is 11.9. The number of ether oxygens (including phenoxy) is 3. The van der Waals surface area contributed by atoms with Crippen LogP contribution in [0.5, 0.6) is 11.5 Å². The third kappa shape index (κ3) is 6.89. The maximum atomic E-state index is 11.9. The van der Waals surface area contributed by atoms with Gasteiger partial charge < -0.3 is 19.5 Å². The largest absolute Gasteiger partial charge is 0.497 e. The van der Waals surface area contributed by atoms with Gasteiger partial charge in [-0.15, -0.1) is 0 Å². The Kier molecular flexibility index (Phi) is 8.09. The highest BCUT2D eigenvalue weighted by atomic mass is 16.5. The van der Waals surface area contributed by atoms with Crippen molar-refractivity contribution in [3.63, 3.8) is 0 Å². The van der Waals surface area contributed by atoms with Crippen LogP contribution in [0.4, 0.5) is 0 Å². The van der Waals surface area contributed by atoms with Crippen molar-refractivity contribution in [2.24, 2.45) is 5.92 Å². The van der Waals surface area contributed by atoms with Gasteiger partial charge in [-0.25, -0.2) is 0 Å². The first-order chi connectivity index (χ1) is 11.3. The third-order valence-electron chi connectivity index (χ3n) is 3.39. The predicted octanol–water partition coefficient (Wildman–Crippen LogP) is 2.34. The highest BCUT2D eigenvalue weighted by molar-refractivity contribution is 5.83. The van der Waals surface area contributed by atoms with Gasteiger partial charge in [0.15, 0.2) is 6.10 Å². The molecule has 134 valence electrons. The summed E-state index contributed by atoms with van der Waals surface area (Å²) >= 11 is 0. The van der Waals surface area contributed by atoms with E-state index in [4.69, 9.17) is 14.2 Å². The number of rotatable bonds is 9. The molecule has 0 bridgehead atoms. The van der Waals surface area contributed by atoms with E-state index in [0.717, 1.165) is 5.56 Å². The molecule has 0 radical (unpaired) electrons. The Labute approximate surface area is 143 Å². The second-order valence-electron chi connectivity index (χ2n) is 5.99. The first kappa shape index (κ1) is 19.8. The Morgan fingerprint density at radius 1 is 1.04 bits per heavy atom. The van der Waals surface area contributed by atoms with Crippen LogP contribution in [0.3, 0.4) is 0 Å². The van der Waals surface area contributed by atoms with Crippen molar-refractivity contribution >= 4 is 11.9 Å². The van der Waals surface area contributed by atoms with E-state index in [-0.39, 0.29) is 12.3 Å². The summed E-state index contributed by atoms with van der Waals surface area (Å²) in [6.45, 7) is 6.13. The summed E-state index contributed by atoms with van der Waals surface area (Å²) in [7, 11) is 3.15. The molecule has 1 aromatic carbocycles. The van der Waals surface area contributed by atoms with E-state index in [2.05, 4.69) is 5.32 Å². The standard InChI is InChI=1S/C18H27NO5/c1-12(2)11-19-18(21)13(3)24-17(20)7-6-14-8-15(22-4)10-16(9-14)23-5/h8-10,12-13H,6-7,11H2,1-5H3,(H,19,21). The lowest BCUT2D eigenvalue weighted by Crippen LogP contribution is -2.37. The number of amides is 1. The molecule has 1 aromatic rings. The lowest BCUT2D eigenvalue weighted by molar-refractivity contribution is -0.154. The molecule has 0 aliphatic heterocycles. The van der Waals surface area contributed by atoms with Crippen molar-refractivity contribution < 1.29 is 23.8 Å². The number of nitrogens with one attached hydrogen (secondary N) is 1. The Hall–Kier alpha value is -2.24. The molecule has 6 nitrogen and oxygen atoms in total. The first-order valence-electron chi connectivity index (χ1n) is 8.04. The molecule has 1 atom stereocenters. The van der Waals surface area contributed by atoms with E-state index >= 15 is 0 Å². The van der Waals surface area contributed by atoms with Crippen LogP contribution in [0.2, 0.25) is 0 Å². The van der Waals surface area contributed by atoms with Crippen molar-refractivity contribution in [3.05, 3.63) is 23.8 Å². The third-order valence-corrected chi connectivity index (χ3v) is 3.39. The van der Waals surface area contributed by atoms with Gasteiger partial charge in [0.05, 0.1) is 14.2 Å². The Morgan fingerprint density at radius 2 is 1.62 bits per heavy atom. The van der Waals surface area contributed by atoms with Gasteiger partial charge in [0, 0.05) is 19.0 Å². The fraction of sp³-hybridized carbons (Fsp3) is 0.556. The summed E-state index contributed by atoms with van der Waals surface area (Å²) < 4.78 is 15.6. The molecule has 1 N–H and O–H groups in total. The fourth-order valence-corrected chi connectivity index (χ4v) is 2.02. The molecule has 0 aliphatic rings.